The summed E-state index contributed by atoms with van der Waals surface area (Å²) in [6.07, 6.45) is 0. The number of rotatable bonds is 1. The number of nitrogens with one attached hydrogen (secondary N) is 1. The maximum absolute atomic E-state index is 11.6. The van der Waals surface area contributed by atoms with Crippen molar-refractivity contribution in [2.45, 2.75) is 19.0 Å². The minimum absolute atomic E-state index is 0.00688. The fourth-order valence-electron chi connectivity index (χ4n) is 1.84. The molecule has 84 valence electrons. The molecule has 0 aliphatic carbocycles. The molecule has 2 rings (SSSR count). The van der Waals surface area contributed by atoms with Gasteiger partial charge in [-0.3, -0.25) is 0 Å². The average molecular weight is 266 g/mol. The van der Waals surface area contributed by atoms with Crippen molar-refractivity contribution in [3.63, 3.8) is 0 Å². The zero-order valence-corrected chi connectivity index (χ0v) is 10.6. The van der Waals surface area contributed by atoms with E-state index in [0.29, 0.717) is 4.34 Å². The first-order valence-electron chi connectivity index (χ1n) is 4.67. The molecule has 0 spiro atoms. The van der Waals surface area contributed by atoms with E-state index >= 15 is 0 Å². The smallest absolute Gasteiger partial charge is 0.153 e. The van der Waals surface area contributed by atoms with Crippen LogP contribution < -0.4 is 5.32 Å². The first-order valence-corrected chi connectivity index (χ1v) is 7.74. The summed E-state index contributed by atoms with van der Waals surface area (Å²) in [5, 5.41) is 5.18. The van der Waals surface area contributed by atoms with E-state index in [1.165, 1.54) is 11.3 Å². The van der Waals surface area contributed by atoms with Crippen LogP contribution in [0.15, 0.2) is 11.4 Å². The van der Waals surface area contributed by atoms with Crippen LogP contribution in [0.3, 0.4) is 0 Å². The quantitative estimate of drug-likeness (QED) is 0.843. The lowest BCUT2D eigenvalue weighted by Gasteiger charge is -2.28. The molecule has 0 amide bonds. The molecule has 0 aromatic carbocycles. The molecule has 6 heteroatoms. The molecule has 3 nitrogen and oxygen atoms in total. The maximum Gasteiger partial charge on any atom is 0.153 e. The van der Waals surface area contributed by atoms with Crippen molar-refractivity contribution in [2.75, 3.05) is 11.5 Å². The van der Waals surface area contributed by atoms with Crippen LogP contribution in [0.25, 0.3) is 0 Å². The normalized spacial score (nSPS) is 30.3. The van der Waals surface area contributed by atoms with Gasteiger partial charge in [-0.1, -0.05) is 11.6 Å². The molecule has 1 aliphatic rings. The molecule has 1 fully saturated rings. The standard InChI is InChI=1S/C9H12ClNO2S2/c1-6-4-15(12,13)5-8(11-6)7-2-9(10)14-3-7/h2-3,6,8,11H,4-5H2,1H3. The topological polar surface area (TPSA) is 46.2 Å². The first-order chi connectivity index (χ1) is 6.96. The number of hydrogen-bond acceptors (Lipinski definition) is 4. The Morgan fingerprint density at radius 2 is 2.27 bits per heavy atom. The van der Waals surface area contributed by atoms with Crippen molar-refractivity contribution < 1.29 is 8.42 Å². The summed E-state index contributed by atoms with van der Waals surface area (Å²) in [4.78, 5) is 0. The van der Waals surface area contributed by atoms with Crippen LogP contribution in [-0.4, -0.2) is 26.0 Å². The van der Waals surface area contributed by atoms with Gasteiger partial charge < -0.3 is 5.32 Å². The Kier molecular flexibility index (Phi) is 3.07. The number of sulfone groups is 1. The molecule has 15 heavy (non-hydrogen) atoms. The van der Waals surface area contributed by atoms with E-state index in [4.69, 9.17) is 11.6 Å². The molecule has 1 aliphatic heterocycles. The third-order valence-corrected chi connectivity index (χ3v) is 5.36. The van der Waals surface area contributed by atoms with Gasteiger partial charge in [0.25, 0.3) is 0 Å². The number of thiophene rings is 1. The minimum atomic E-state index is -2.92. The van der Waals surface area contributed by atoms with Crippen molar-refractivity contribution >= 4 is 32.8 Å². The molecule has 0 saturated carbocycles. The first kappa shape index (κ1) is 11.4. The summed E-state index contributed by atoms with van der Waals surface area (Å²) >= 11 is 7.26. The molecule has 1 saturated heterocycles. The van der Waals surface area contributed by atoms with Gasteiger partial charge in [0.05, 0.1) is 15.8 Å². The summed E-state index contributed by atoms with van der Waals surface area (Å²) in [5.41, 5.74) is 0.972. The van der Waals surface area contributed by atoms with Gasteiger partial charge in [0.2, 0.25) is 0 Å². The van der Waals surface area contributed by atoms with E-state index in [-0.39, 0.29) is 23.6 Å². The largest absolute Gasteiger partial charge is 0.306 e. The van der Waals surface area contributed by atoms with E-state index in [1.807, 2.05) is 18.4 Å². The van der Waals surface area contributed by atoms with Crippen LogP contribution in [0.1, 0.15) is 18.5 Å². The Bertz CT molecular complexity index is 454. The summed E-state index contributed by atoms with van der Waals surface area (Å²) in [6.45, 7) is 1.89. The Morgan fingerprint density at radius 1 is 1.53 bits per heavy atom. The second-order valence-electron chi connectivity index (χ2n) is 3.88. The van der Waals surface area contributed by atoms with Gasteiger partial charge >= 0.3 is 0 Å². The molecule has 2 atom stereocenters. The van der Waals surface area contributed by atoms with Crippen molar-refractivity contribution in [3.05, 3.63) is 21.3 Å². The third kappa shape index (κ3) is 2.72. The predicted molar refractivity (Wildman–Crippen MR) is 63.3 cm³/mol. The summed E-state index contributed by atoms with van der Waals surface area (Å²) in [5.74, 6) is 0.395. The fraction of sp³-hybridized carbons (Fsp3) is 0.556. The molecule has 1 aromatic heterocycles. The van der Waals surface area contributed by atoms with Crippen molar-refractivity contribution in [1.29, 1.82) is 0 Å². The monoisotopic (exact) mass is 265 g/mol. The van der Waals surface area contributed by atoms with Crippen LogP contribution in [0.2, 0.25) is 4.34 Å². The van der Waals surface area contributed by atoms with Gasteiger partial charge in [-0.05, 0) is 23.9 Å². The van der Waals surface area contributed by atoms with Crippen LogP contribution in [0.5, 0.6) is 0 Å². The molecule has 2 unspecified atom stereocenters. The Morgan fingerprint density at radius 3 is 2.80 bits per heavy atom. The fourth-order valence-corrected chi connectivity index (χ4v) is 4.58. The van der Waals surface area contributed by atoms with E-state index in [2.05, 4.69) is 5.32 Å². The number of halogens is 1. The van der Waals surface area contributed by atoms with Crippen molar-refractivity contribution in [2.24, 2.45) is 0 Å². The average Bonchev–Trinajstić information content (AvgIpc) is 2.48. The highest BCUT2D eigenvalue weighted by atomic mass is 35.5. The van der Waals surface area contributed by atoms with Gasteiger partial charge in [-0.2, -0.15) is 0 Å². The zero-order valence-electron chi connectivity index (χ0n) is 8.23. The molecule has 1 aromatic rings. The predicted octanol–water partition coefficient (Wildman–Crippen LogP) is 1.85. The van der Waals surface area contributed by atoms with Gasteiger partial charge in [-0.15, -0.1) is 11.3 Å². The van der Waals surface area contributed by atoms with E-state index < -0.39 is 9.84 Å². The molecule has 0 radical (unpaired) electrons. The molecular weight excluding hydrogens is 254 g/mol. The highest BCUT2D eigenvalue weighted by Gasteiger charge is 2.30. The number of hydrogen-bond donors (Lipinski definition) is 1. The molecule has 0 bridgehead atoms. The van der Waals surface area contributed by atoms with Crippen LogP contribution in [0, 0.1) is 0 Å². The lowest BCUT2D eigenvalue weighted by Crippen LogP contribution is -2.45. The van der Waals surface area contributed by atoms with Crippen molar-refractivity contribution in [3.8, 4) is 0 Å². The SMILES string of the molecule is CC1CS(=O)(=O)CC(c2csc(Cl)c2)N1. The molecule has 2 heterocycles. The van der Waals surface area contributed by atoms with Gasteiger partial charge in [0.15, 0.2) is 9.84 Å². The second kappa shape index (κ2) is 4.05. The van der Waals surface area contributed by atoms with E-state index in [0.717, 1.165) is 5.56 Å². The van der Waals surface area contributed by atoms with Gasteiger partial charge in [0, 0.05) is 12.1 Å². The highest BCUT2D eigenvalue weighted by molar-refractivity contribution is 7.91. The van der Waals surface area contributed by atoms with Gasteiger partial charge in [-0.25, -0.2) is 8.42 Å². The highest BCUT2D eigenvalue weighted by Crippen LogP contribution is 2.28. The van der Waals surface area contributed by atoms with Crippen LogP contribution in [0.4, 0.5) is 0 Å². The van der Waals surface area contributed by atoms with Crippen LogP contribution >= 0.6 is 22.9 Å². The minimum Gasteiger partial charge on any atom is -0.306 e. The van der Waals surface area contributed by atoms with E-state index in [9.17, 15) is 8.42 Å². The summed E-state index contributed by atoms with van der Waals surface area (Å²) in [6, 6.07) is 1.73. The summed E-state index contributed by atoms with van der Waals surface area (Å²) in [7, 11) is -2.92. The van der Waals surface area contributed by atoms with E-state index in [1.54, 1.807) is 0 Å². The van der Waals surface area contributed by atoms with Crippen molar-refractivity contribution in [1.82, 2.24) is 5.32 Å². The Hall–Kier alpha value is -0.100. The third-order valence-electron chi connectivity index (χ3n) is 2.40. The zero-order chi connectivity index (χ0) is 11.1. The van der Waals surface area contributed by atoms with Crippen LogP contribution in [-0.2, 0) is 9.84 Å². The second-order valence-corrected chi connectivity index (χ2v) is 7.58. The lowest BCUT2D eigenvalue weighted by molar-refractivity contribution is 0.469. The molecular formula is C9H12ClNO2S2. The van der Waals surface area contributed by atoms with Gasteiger partial charge in [0.1, 0.15) is 0 Å². The molecule has 1 N–H and O–H groups in total. The Balaban J connectivity index is 2.23. The Labute approximate surface area is 98.4 Å². The lowest BCUT2D eigenvalue weighted by atomic mass is 10.1. The maximum atomic E-state index is 11.6. The summed E-state index contributed by atoms with van der Waals surface area (Å²) < 4.78 is 23.9.